The summed E-state index contributed by atoms with van der Waals surface area (Å²) in [6, 6.07) is 2.52. The third kappa shape index (κ3) is 9.18. The van der Waals surface area contributed by atoms with E-state index in [0.717, 1.165) is 13.8 Å². The van der Waals surface area contributed by atoms with Gasteiger partial charge in [0.05, 0.1) is 28.4 Å². The highest BCUT2D eigenvalue weighted by molar-refractivity contribution is 7.90. The van der Waals surface area contributed by atoms with E-state index in [-0.39, 0.29) is 37.6 Å². The molecule has 0 radical (unpaired) electrons. The molecule has 8 atom stereocenters. The van der Waals surface area contributed by atoms with Crippen LogP contribution in [0.5, 0.6) is 5.88 Å². The summed E-state index contributed by atoms with van der Waals surface area (Å²) in [5.41, 5.74) is -2.50. The second-order valence-corrected chi connectivity index (χ2v) is 19.8. The Hall–Kier alpha value is -4.58. The fourth-order valence-electron chi connectivity index (χ4n) is 7.86. The number of aryl methyl sites for hydroxylation is 1. The molecule has 4 heterocycles. The van der Waals surface area contributed by atoms with Gasteiger partial charge in [0.15, 0.2) is 5.60 Å². The minimum absolute atomic E-state index is 0.00450. The van der Waals surface area contributed by atoms with Gasteiger partial charge in [-0.3, -0.25) is 23.5 Å². The molecule has 19 heteroatoms. The van der Waals surface area contributed by atoms with Crippen LogP contribution in [0.1, 0.15) is 92.7 Å². The molecule has 8 unspecified atom stereocenters. The van der Waals surface area contributed by atoms with Crippen LogP contribution in [0.3, 0.4) is 0 Å². The van der Waals surface area contributed by atoms with E-state index in [2.05, 4.69) is 25.3 Å². The molecule has 0 bridgehead atoms. The number of alkyl carbamates (subject to hydrolysis) is 1. The zero-order chi connectivity index (χ0) is 44.1. The summed E-state index contributed by atoms with van der Waals surface area (Å²) in [6.45, 7) is 11.2. The number of aromatic nitrogens is 3. The minimum atomic E-state index is -4.10. The summed E-state index contributed by atoms with van der Waals surface area (Å²) in [4.78, 5) is 67.2. The van der Waals surface area contributed by atoms with E-state index < -0.39 is 86.2 Å². The lowest BCUT2D eigenvalue weighted by atomic mass is 9.88. The van der Waals surface area contributed by atoms with Crippen molar-refractivity contribution < 1.29 is 45.9 Å². The third-order valence-electron chi connectivity index (χ3n) is 12.2. The maximum Gasteiger partial charge on any atom is 0.408 e. The van der Waals surface area contributed by atoms with Crippen molar-refractivity contribution in [3.05, 3.63) is 47.3 Å². The van der Waals surface area contributed by atoms with Gasteiger partial charge in [-0.2, -0.15) is 4.98 Å². The second-order valence-electron chi connectivity index (χ2n) is 17.3. The number of nitrogens with zero attached hydrogens (tertiary/aromatic N) is 4. The largest absolute Gasteiger partial charge is 0.472 e. The summed E-state index contributed by atoms with van der Waals surface area (Å²) in [7, 11) is -4.10. The van der Waals surface area contributed by atoms with Crippen molar-refractivity contribution in [2.45, 2.75) is 134 Å². The number of rotatable bonds is 9. The molecule has 3 aliphatic rings. The Labute approximate surface area is 353 Å². The van der Waals surface area contributed by atoms with Crippen LogP contribution in [0.2, 0.25) is 5.02 Å². The first kappa shape index (κ1) is 45.0. The number of hydrogen-bond donors (Lipinski definition) is 3. The third-order valence-corrected chi connectivity index (χ3v) is 14.3. The van der Waals surface area contributed by atoms with Crippen molar-refractivity contribution in [3.63, 3.8) is 0 Å². The van der Waals surface area contributed by atoms with E-state index in [1.165, 1.54) is 11.8 Å². The number of benzene rings is 1. The number of carbonyl (C=O) groups excluding carboxylic acids is 4. The van der Waals surface area contributed by atoms with E-state index in [1.807, 2.05) is 19.9 Å². The van der Waals surface area contributed by atoms with Crippen LogP contribution in [0.25, 0.3) is 16.7 Å². The number of carbonyl (C=O) groups is 4. The summed E-state index contributed by atoms with van der Waals surface area (Å²) in [5, 5.41) is 5.41. The van der Waals surface area contributed by atoms with Crippen LogP contribution in [0.4, 0.5) is 13.6 Å². The Morgan fingerprint density at radius 1 is 1.15 bits per heavy atom. The van der Waals surface area contributed by atoms with Gasteiger partial charge in [-0.1, -0.05) is 44.5 Å². The van der Waals surface area contributed by atoms with Gasteiger partial charge in [0, 0.05) is 30.5 Å². The number of imidazole rings is 1. The smallest absolute Gasteiger partial charge is 0.408 e. The Kier molecular flexibility index (Phi) is 12.5. The molecular formula is C41H54ClF2N7O8S. The quantitative estimate of drug-likeness (QED) is 0.220. The second kappa shape index (κ2) is 16.7. The first-order chi connectivity index (χ1) is 28.0. The Balaban J connectivity index is 1.39. The standard InChI is InChI=1S/C41H54ClF2N7O8S/c1-9-25(5)60(56,57)49-36(54)41-19-26(41)13-11-10-12-22(2)16-23(3)32(46-38(55)59-39(6,7)40(8,43)44)35(53)50-21-28(18-31(50)33(52)48-41)58-34-29-17-27(42)14-15-30(29)51-20-24(4)45-37(51)47-34/h11,13-15,17,20,22-23,25-26,28,31-32H,9-10,12,16,18-19,21H2,1-8H3,(H,46,55)(H,48,52)(H,49,54). The number of amides is 4. The van der Waals surface area contributed by atoms with Gasteiger partial charge in [-0.15, -0.1) is 0 Å². The molecule has 60 heavy (non-hydrogen) atoms. The van der Waals surface area contributed by atoms with Crippen LogP contribution in [-0.4, -0.2) is 98.5 Å². The predicted octanol–water partition coefficient (Wildman–Crippen LogP) is 5.85. The van der Waals surface area contributed by atoms with Gasteiger partial charge < -0.3 is 25.0 Å². The lowest BCUT2D eigenvalue weighted by Gasteiger charge is -2.35. The van der Waals surface area contributed by atoms with Gasteiger partial charge in [0.25, 0.3) is 11.8 Å². The number of hydrogen-bond acceptors (Lipinski definition) is 10. The Morgan fingerprint density at radius 2 is 1.87 bits per heavy atom. The van der Waals surface area contributed by atoms with Crippen LogP contribution in [-0.2, 0) is 29.1 Å². The van der Waals surface area contributed by atoms with Crippen molar-refractivity contribution >= 4 is 62.1 Å². The van der Waals surface area contributed by atoms with E-state index in [9.17, 15) is 36.4 Å². The molecule has 328 valence electrons. The Morgan fingerprint density at radius 3 is 2.55 bits per heavy atom. The number of halogens is 3. The van der Waals surface area contributed by atoms with Crippen LogP contribution in [0.15, 0.2) is 36.5 Å². The predicted molar refractivity (Wildman–Crippen MR) is 220 cm³/mol. The number of nitrogens with one attached hydrogen (secondary N) is 3. The molecule has 6 rings (SSSR count). The van der Waals surface area contributed by atoms with Crippen molar-refractivity contribution in [2.24, 2.45) is 17.8 Å². The van der Waals surface area contributed by atoms with Gasteiger partial charge in [-0.25, -0.2) is 27.0 Å². The van der Waals surface area contributed by atoms with E-state index >= 15 is 0 Å². The van der Waals surface area contributed by atoms with Gasteiger partial charge in [0.1, 0.15) is 23.7 Å². The number of allylic oxidation sites excluding steroid dienone is 1. The molecule has 1 saturated carbocycles. The van der Waals surface area contributed by atoms with Crippen LogP contribution >= 0.6 is 11.6 Å². The van der Waals surface area contributed by atoms with Crippen molar-refractivity contribution in [1.82, 2.24) is 34.6 Å². The zero-order valence-corrected chi connectivity index (χ0v) is 36.6. The zero-order valence-electron chi connectivity index (χ0n) is 35.1. The van der Waals surface area contributed by atoms with Crippen LogP contribution in [0, 0.1) is 24.7 Å². The average molecular weight is 878 g/mol. The maximum absolute atomic E-state index is 14.9. The number of alkyl halides is 2. The number of fused-ring (bicyclic) bond motifs is 5. The highest BCUT2D eigenvalue weighted by Crippen LogP contribution is 2.46. The SMILES string of the molecule is CCC(C)S(=O)(=O)NC(=O)C12CC1C=CCCC(C)CC(C)C(NC(=O)OC(C)(C)C(C)(F)F)C(=O)N1CC(Oc3nc4nc(C)cn4c4ccc(Cl)cc34)CC1C(=O)N2. The first-order valence-corrected chi connectivity index (χ1v) is 22.2. The van der Waals surface area contributed by atoms with Gasteiger partial charge in [0.2, 0.25) is 33.5 Å². The van der Waals surface area contributed by atoms with Crippen molar-refractivity contribution in [2.75, 3.05) is 6.54 Å². The van der Waals surface area contributed by atoms with Gasteiger partial charge >= 0.3 is 6.09 Å². The monoisotopic (exact) mass is 877 g/mol. The molecule has 1 aromatic carbocycles. The van der Waals surface area contributed by atoms with Crippen LogP contribution < -0.4 is 20.1 Å². The molecule has 4 amide bonds. The highest BCUT2D eigenvalue weighted by Gasteiger charge is 2.62. The molecular weight excluding hydrogens is 824 g/mol. The average Bonchev–Trinajstić information content (AvgIpc) is 3.46. The summed E-state index contributed by atoms with van der Waals surface area (Å²) >= 11 is 6.42. The lowest BCUT2D eigenvalue weighted by Crippen LogP contribution is -2.59. The van der Waals surface area contributed by atoms with Crippen molar-refractivity contribution in [1.29, 1.82) is 0 Å². The van der Waals surface area contributed by atoms with Crippen molar-refractivity contribution in [3.8, 4) is 5.88 Å². The minimum Gasteiger partial charge on any atom is -0.472 e. The number of ether oxygens (including phenoxy) is 2. The highest BCUT2D eigenvalue weighted by atomic mass is 35.5. The molecule has 3 N–H and O–H groups in total. The molecule has 1 aliphatic carbocycles. The molecule has 2 aliphatic heterocycles. The maximum atomic E-state index is 14.9. The number of sulfonamides is 1. The normalized spacial score (nSPS) is 27.3. The van der Waals surface area contributed by atoms with E-state index in [1.54, 1.807) is 48.7 Å². The lowest BCUT2D eigenvalue weighted by molar-refractivity contribution is -0.152. The fraction of sp³-hybridized carbons (Fsp3) is 0.610. The molecule has 15 nitrogen and oxygen atoms in total. The molecule has 3 aromatic rings. The summed E-state index contributed by atoms with van der Waals surface area (Å²) in [6.07, 6.45) is 5.24. The van der Waals surface area contributed by atoms with E-state index in [0.29, 0.717) is 53.6 Å². The molecule has 0 spiro atoms. The fourth-order valence-corrected chi connectivity index (χ4v) is 9.12. The molecule has 1 saturated heterocycles. The van der Waals surface area contributed by atoms with Gasteiger partial charge in [-0.05, 0) is 89.8 Å². The summed E-state index contributed by atoms with van der Waals surface area (Å²) < 4.78 is 70.7. The summed E-state index contributed by atoms with van der Waals surface area (Å²) in [5.74, 6) is -6.43. The molecule has 2 fully saturated rings. The molecule has 2 aromatic heterocycles. The topological polar surface area (TPSA) is 190 Å². The first-order valence-electron chi connectivity index (χ1n) is 20.3. The Bertz CT molecular complexity index is 2320. The van der Waals surface area contributed by atoms with E-state index in [4.69, 9.17) is 21.1 Å².